The summed E-state index contributed by atoms with van der Waals surface area (Å²) in [5.41, 5.74) is -0.380. The number of likely N-dealkylation sites (N-methyl/N-ethyl adjacent to an activating group) is 1. The molecule has 0 bridgehead atoms. The highest BCUT2D eigenvalue weighted by molar-refractivity contribution is 8.00. The Kier molecular flexibility index (Phi) is 8.42. The summed E-state index contributed by atoms with van der Waals surface area (Å²) in [6, 6.07) is 8.64. The minimum Gasteiger partial charge on any atom is -0.455 e. The third-order valence-electron chi connectivity index (χ3n) is 3.42. The van der Waals surface area contributed by atoms with E-state index in [9.17, 15) is 14.4 Å². The van der Waals surface area contributed by atoms with E-state index in [-0.39, 0.29) is 17.4 Å². The standard InChI is InChI=1S/C17H20ClN3O4S/c1-17(2,11-19)21(3)15(23)8-25-16(24)10-26-9-14(22)20-13-6-4-12(18)5-7-13/h4-7H,8-10H2,1-3H3,(H,20,22). The van der Waals surface area contributed by atoms with Crippen LogP contribution in [0, 0.1) is 11.3 Å². The highest BCUT2D eigenvalue weighted by Crippen LogP contribution is 2.14. The monoisotopic (exact) mass is 397 g/mol. The molecule has 0 spiro atoms. The topological polar surface area (TPSA) is 99.5 Å². The van der Waals surface area contributed by atoms with Gasteiger partial charge in [0.1, 0.15) is 5.54 Å². The second-order valence-corrected chi connectivity index (χ2v) is 7.25. The number of esters is 1. The van der Waals surface area contributed by atoms with Crippen molar-refractivity contribution in [3.63, 3.8) is 0 Å². The van der Waals surface area contributed by atoms with Gasteiger partial charge in [-0.05, 0) is 38.1 Å². The maximum atomic E-state index is 11.9. The molecule has 1 aromatic rings. The zero-order valence-electron chi connectivity index (χ0n) is 14.7. The molecular formula is C17H20ClN3O4S. The molecule has 1 N–H and O–H groups in total. The summed E-state index contributed by atoms with van der Waals surface area (Å²) in [6.07, 6.45) is 0. The van der Waals surface area contributed by atoms with Crippen LogP contribution in [0.25, 0.3) is 0 Å². The first-order chi connectivity index (χ1) is 12.2. The maximum Gasteiger partial charge on any atom is 0.316 e. The van der Waals surface area contributed by atoms with Crippen molar-refractivity contribution in [3.8, 4) is 6.07 Å². The van der Waals surface area contributed by atoms with Crippen LogP contribution in [-0.4, -0.2) is 53.4 Å². The molecule has 9 heteroatoms. The van der Waals surface area contributed by atoms with Crippen LogP contribution in [0.2, 0.25) is 5.02 Å². The Morgan fingerprint density at radius 1 is 1.27 bits per heavy atom. The van der Waals surface area contributed by atoms with Gasteiger partial charge in [-0.1, -0.05) is 11.6 Å². The maximum absolute atomic E-state index is 11.9. The quantitative estimate of drug-likeness (QED) is 0.676. The second kappa shape index (κ2) is 10.0. The van der Waals surface area contributed by atoms with Crippen molar-refractivity contribution in [1.82, 2.24) is 4.90 Å². The molecule has 0 atom stereocenters. The van der Waals surface area contributed by atoms with Crippen LogP contribution in [0.3, 0.4) is 0 Å². The Bertz CT molecular complexity index is 701. The van der Waals surface area contributed by atoms with E-state index in [1.807, 2.05) is 6.07 Å². The summed E-state index contributed by atoms with van der Waals surface area (Å²) in [4.78, 5) is 36.5. The fourth-order valence-electron chi connectivity index (χ4n) is 1.62. The molecule has 0 saturated carbocycles. The molecule has 0 fully saturated rings. The van der Waals surface area contributed by atoms with Crippen LogP contribution in [0.4, 0.5) is 5.69 Å². The number of rotatable bonds is 8. The molecule has 0 aromatic heterocycles. The average molecular weight is 398 g/mol. The Morgan fingerprint density at radius 2 is 1.88 bits per heavy atom. The number of hydrogen-bond donors (Lipinski definition) is 1. The van der Waals surface area contributed by atoms with Crippen molar-refractivity contribution in [2.24, 2.45) is 0 Å². The summed E-state index contributed by atoms with van der Waals surface area (Å²) >= 11 is 6.83. The first kappa shape index (κ1) is 21.8. The zero-order chi connectivity index (χ0) is 19.7. The molecule has 0 aliphatic carbocycles. The normalized spacial score (nSPS) is 10.6. The minimum absolute atomic E-state index is 0.0625. The molecule has 0 heterocycles. The van der Waals surface area contributed by atoms with E-state index in [4.69, 9.17) is 21.6 Å². The SMILES string of the molecule is CN(C(=O)COC(=O)CSCC(=O)Nc1ccc(Cl)cc1)C(C)(C)C#N. The van der Waals surface area contributed by atoms with Crippen molar-refractivity contribution in [1.29, 1.82) is 5.26 Å². The van der Waals surface area contributed by atoms with Gasteiger partial charge in [-0.25, -0.2) is 0 Å². The Balaban J connectivity index is 2.28. The summed E-state index contributed by atoms with van der Waals surface area (Å²) < 4.78 is 4.87. The lowest BCUT2D eigenvalue weighted by atomic mass is 10.1. The number of hydrogen-bond acceptors (Lipinski definition) is 6. The number of carbonyl (C=O) groups excluding carboxylic acids is 3. The fraction of sp³-hybridized carbons (Fsp3) is 0.412. The van der Waals surface area contributed by atoms with Gasteiger partial charge in [0.2, 0.25) is 5.91 Å². The Morgan fingerprint density at radius 3 is 2.46 bits per heavy atom. The predicted octanol–water partition coefficient (Wildman–Crippen LogP) is 2.32. The van der Waals surface area contributed by atoms with E-state index < -0.39 is 24.0 Å². The number of halogens is 1. The van der Waals surface area contributed by atoms with Crippen molar-refractivity contribution < 1.29 is 19.1 Å². The van der Waals surface area contributed by atoms with Crippen LogP contribution in [0.5, 0.6) is 0 Å². The zero-order valence-corrected chi connectivity index (χ0v) is 16.3. The summed E-state index contributed by atoms with van der Waals surface area (Å²) in [6.45, 7) is 2.72. The van der Waals surface area contributed by atoms with Gasteiger partial charge in [-0.15, -0.1) is 11.8 Å². The van der Waals surface area contributed by atoms with Gasteiger partial charge in [0.05, 0.1) is 17.6 Å². The number of nitriles is 1. The minimum atomic E-state index is -0.988. The molecule has 0 saturated heterocycles. The van der Waals surface area contributed by atoms with Crippen LogP contribution >= 0.6 is 23.4 Å². The highest BCUT2D eigenvalue weighted by Gasteiger charge is 2.27. The van der Waals surface area contributed by atoms with Crippen molar-refractivity contribution >= 4 is 46.8 Å². The highest BCUT2D eigenvalue weighted by atomic mass is 35.5. The molecule has 2 amide bonds. The molecule has 0 unspecified atom stereocenters. The number of benzene rings is 1. The van der Waals surface area contributed by atoms with E-state index in [2.05, 4.69) is 5.32 Å². The van der Waals surface area contributed by atoms with Crippen LogP contribution in [0.15, 0.2) is 24.3 Å². The number of anilines is 1. The van der Waals surface area contributed by atoms with Gasteiger partial charge < -0.3 is 15.0 Å². The molecule has 0 aliphatic rings. The lowest BCUT2D eigenvalue weighted by Gasteiger charge is -2.28. The number of amides is 2. The van der Waals surface area contributed by atoms with Crippen LogP contribution in [0.1, 0.15) is 13.8 Å². The Labute approximate surface area is 161 Å². The lowest BCUT2D eigenvalue weighted by Crippen LogP contribution is -2.45. The molecule has 0 aliphatic heterocycles. The van der Waals surface area contributed by atoms with Gasteiger partial charge in [0, 0.05) is 17.8 Å². The molecule has 1 aromatic carbocycles. The molecule has 1 rings (SSSR count). The molecule has 7 nitrogen and oxygen atoms in total. The van der Waals surface area contributed by atoms with Gasteiger partial charge in [0.15, 0.2) is 6.61 Å². The summed E-state index contributed by atoms with van der Waals surface area (Å²) in [7, 11) is 1.47. The van der Waals surface area contributed by atoms with E-state index in [0.717, 1.165) is 11.8 Å². The van der Waals surface area contributed by atoms with Gasteiger partial charge in [0.25, 0.3) is 5.91 Å². The van der Waals surface area contributed by atoms with Crippen molar-refractivity contribution in [2.45, 2.75) is 19.4 Å². The molecule has 26 heavy (non-hydrogen) atoms. The number of nitrogens with one attached hydrogen (secondary N) is 1. The number of ether oxygens (including phenoxy) is 1. The third-order valence-corrected chi connectivity index (χ3v) is 4.58. The second-order valence-electron chi connectivity index (χ2n) is 5.83. The first-order valence-corrected chi connectivity index (χ1v) is 9.15. The van der Waals surface area contributed by atoms with Gasteiger partial charge in [-0.2, -0.15) is 5.26 Å². The molecule has 0 radical (unpaired) electrons. The lowest BCUT2D eigenvalue weighted by molar-refractivity contribution is -0.150. The number of nitrogens with zero attached hydrogens (tertiary/aromatic N) is 2. The van der Waals surface area contributed by atoms with Crippen molar-refractivity contribution in [2.75, 3.05) is 30.5 Å². The van der Waals surface area contributed by atoms with E-state index >= 15 is 0 Å². The largest absolute Gasteiger partial charge is 0.455 e. The fourth-order valence-corrected chi connectivity index (χ4v) is 2.36. The summed E-state index contributed by atoms with van der Waals surface area (Å²) in [5.74, 6) is -1.35. The van der Waals surface area contributed by atoms with E-state index in [1.54, 1.807) is 38.1 Å². The first-order valence-electron chi connectivity index (χ1n) is 7.62. The van der Waals surface area contributed by atoms with E-state index in [1.165, 1.54) is 11.9 Å². The van der Waals surface area contributed by atoms with Gasteiger partial charge >= 0.3 is 5.97 Å². The van der Waals surface area contributed by atoms with Crippen LogP contribution < -0.4 is 5.32 Å². The smallest absolute Gasteiger partial charge is 0.316 e. The predicted molar refractivity (Wildman–Crippen MR) is 101 cm³/mol. The molecule has 140 valence electrons. The summed E-state index contributed by atoms with van der Waals surface area (Å²) in [5, 5.41) is 12.2. The van der Waals surface area contributed by atoms with E-state index in [0.29, 0.717) is 10.7 Å². The number of carbonyl (C=O) groups is 3. The number of thioether (sulfide) groups is 1. The van der Waals surface area contributed by atoms with Crippen molar-refractivity contribution in [3.05, 3.63) is 29.3 Å². The van der Waals surface area contributed by atoms with Gasteiger partial charge in [-0.3, -0.25) is 14.4 Å². The third kappa shape index (κ3) is 7.33. The van der Waals surface area contributed by atoms with Crippen LogP contribution in [-0.2, 0) is 19.1 Å². The molecular weight excluding hydrogens is 378 g/mol. The average Bonchev–Trinajstić information content (AvgIpc) is 2.60. The Hall–Kier alpha value is -2.24.